The predicted molar refractivity (Wildman–Crippen MR) is 126 cm³/mol. The van der Waals surface area contributed by atoms with E-state index in [0.29, 0.717) is 11.5 Å². The topological polar surface area (TPSA) is 26.3 Å². The number of alkyl halides is 3. The van der Waals surface area contributed by atoms with Crippen LogP contribution in [0.25, 0.3) is 11.1 Å². The number of aryl methyl sites for hydroxylation is 2. The summed E-state index contributed by atoms with van der Waals surface area (Å²) in [6.45, 7) is 8.21. The first-order valence-electron chi connectivity index (χ1n) is 10.4. The normalized spacial score (nSPS) is 12.6. The van der Waals surface area contributed by atoms with Crippen LogP contribution in [0.5, 0.6) is 0 Å². The number of hydrogen-bond acceptors (Lipinski definition) is 4. The van der Waals surface area contributed by atoms with Crippen molar-refractivity contribution in [1.29, 1.82) is 0 Å². The van der Waals surface area contributed by atoms with Crippen LogP contribution >= 0.6 is 23.1 Å². The monoisotopic (exact) mass is 478 g/mol. The number of rotatable bonds is 7. The summed E-state index contributed by atoms with van der Waals surface area (Å²) in [6.07, 6.45) is -3.45. The van der Waals surface area contributed by atoms with Gasteiger partial charge in [0, 0.05) is 15.0 Å². The maximum Gasteiger partial charge on any atom is 0.416 e. The Kier molecular flexibility index (Phi) is 7.72. The molecule has 7 heteroatoms. The summed E-state index contributed by atoms with van der Waals surface area (Å²) in [4.78, 5) is 14.8. The lowest BCUT2D eigenvalue weighted by Crippen LogP contribution is -2.04. The molecule has 0 N–H and O–H groups in total. The molecular weight excluding hydrogens is 453 g/mol. The van der Waals surface area contributed by atoms with E-state index in [-0.39, 0.29) is 11.2 Å². The van der Waals surface area contributed by atoms with Crippen molar-refractivity contribution in [2.75, 3.05) is 6.61 Å². The van der Waals surface area contributed by atoms with Gasteiger partial charge < -0.3 is 4.74 Å². The lowest BCUT2D eigenvalue weighted by Gasteiger charge is -2.17. The van der Waals surface area contributed by atoms with E-state index in [9.17, 15) is 18.0 Å². The van der Waals surface area contributed by atoms with Crippen LogP contribution in [0.15, 0.2) is 53.4 Å². The van der Waals surface area contributed by atoms with E-state index in [1.54, 1.807) is 18.7 Å². The minimum absolute atomic E-state index is 0.193. The molecule has 2 aromatic carbocycles. The van der Waals surface area contributed by atoms with Gasteiger partial charge in [0.05, 0.1) is 12.2 Å². The average Bonchev–Trinajstić information content (AvgIpc) is 3.22. The number of hydrogen-bond donors (Lipinski definition) is 0. The number of carbonyl (C=O) groups is 1. The molecule has 0 unspecified atom stereocenters. The van der Waals surface area contributed by atoms with Gasteiger partial charge in [-0.15, -0.1) is 23.1 Å². The summed E-state index contributed by atoms with van der Waals surface area (Å²) in [5.74, 6) is -0.295. The van der Waals surface area contributed by atoms with Crippen LogP contribution in [0.4, 0.5) is 13.2 Å². The third-order valence-corrected chi connectivity index (χ3v) is 7.78. The first kappa shape index (κ1) is 24.4. The highest BCUT2D eigenvalue weighted by molar-refractivity contribution is 7.99. The second-order valence-corrected chi connectivity index (χ2v) is 9.84. The van der Waals surface area contributed by atoms with Gasteiger partial charge in [-0.1, -0.05) is 19.1 Å². The number of thioether (sulfide) groups is 1. The Hall–Kier alpha value is -2.25. The Morgan fingerprint density at radius 2 is 1.66 bits per heavy atom. The molecule has 1 aromatic heterocycles. The Labute approximate surface area is 194 Å². The van der Waals surface area contributed by atoms with Crippen molar-refractivity contribution >= 4 is 29.1 Å². The molecular formula is C25H25F3O2S2. The van der Waals surface area contributed by atoms with E-state index in [4.69, 9.17) is 4.74 Å². The van der Waals surface area contributed by atoms with Crippen LogP contribution in [0.1, 0.15) is 56.8 Å². The number of benzene rings is 2. The molecule has 0 aliphatic heterocycles. The van der Waals surface area contributed by atoms with Crippen LogP contribution in [0.2, 0.25) is 0 Å². The third-order valence-electron chi connectivity index (χ3n) is 5.08. The largest absolute Gasteiger partial charge is 0.462 e. The molecule has 0 aliphatic carbocycles. The van der Waals surface area contributed by atoms with Crippen molar-refractivity contribution in [2.45, 2.75) is 50.4 Å². The predicted octanol–water partition coefficient (Wildman–Crippen LogP) is 8.47. The lowest BCUT2D eigenvalue weighted by molar-refractivity contribution is -0.137. The molecule has 1 heterocycles. The third kappa shape index (κ3) is 5.56. The van der Waals surface area contributed by atoms with E-state index in [1.165, 1.54) is 23.5 Å². The minimum atomic E-state index is -4.34. The fourth-order valence-corrected chi connectivity index (χ4v) is 6.05. The van der Waals surface area contributed by atoms with Gasteiger partial charge >= 0.3 is 12.1 Å². The van der Waals surface area contributed by atoms with Crippen LogP contribution in [0, 0.1) is 13.8 Å². The zero-order valence-electron chi connectivity index (χ0n) is 18.4. The number of esters is 1. The molecule has 170 valence electrons. The molecule has 0 aliphatic rings. The van der Waals surface area contributed by atoms with Gasteiger partial charge in [0.25, 0.3) is 0 Å². The Balaban J connectivity index is 1.83. The fourth-order valence-electron chi connectivity index (χ4n) is 3.62. The van der Waals surface area contributed by atoms with E-state index in [0.717, 1.165) is 50.6 Å². The Morgan fingerprint density at radius 1 is 1.03 bits per heavy atom. The van der Waals surface area contributed by atoms with Gasteiger partial charge in [0.1, 0.15) is 4.88 Å². The molecule has 0 fully saturated rings. The molecule has 2 nitrogen and oxygen atoms in total. The molecule has 0 bridgehead atoms. The van der Waals surface area contributed by atoms with E-state index in [1.807, 2.05) is 26.0 Å². The molecule has 3 aromatic rings. The molecule has 3 rings (SSSR count). The van der Waals surface area contributed by atoms with Crippen LogP contribution in [-0.4, -0.2) is 12.6 Å². The van der Waals surface area contributed by atoms with E-state index >= 15 is 0 Å². The van der Waals surface area contributed by atoms with Crippen LogP contribution in [0.3, 0.4) is 0 Å². The lowest BCUT2D eigenvalue weighted by atomic mass is 9.95. The smallest absolute Gasteiger partial charge is 0.416 e. The van der Waals surface area contributed by atoms with Crippen molar-refractivity contribution in [3.63, 3.8) is 0 Å². The summed E-state index contributed by atoms with van der Waals surface area (Å²) >= 11 is 3.19. The molecule has 0 radical (unpaired) electrons. The van der Waals surface area contributed by atoms with Crippen molar-refractivity contribution in [3.05, 3.63) is 75.0 Å². The Bertz CT molecular complexity index is 1060. The molecule has 0 saturated heterocycles. The summed E-state index contributed by atoms with van der Waals surface area (Å²) in [6, 6.07) is 13.3. The van der Waals surface area contributed by atoms with Gasteiger partial charge in [-0.25, -0.2) is 4.79 Å². The highest BCUT2D eigenvalue weighted by Crippen LogP contribution is 2.43. The fraction of sp³-hybridized carbons (Fsp3) is 0.320. The highest BCUT2D eigenvalue weighted by Gasteiger charge is 2.30. The summed E-state index contributed by atoms with van der Waals surface area (Å²) < 4.78 is 43.7. The standard InChI is InChI=1S/C25H25F3O2S2/c1-5-20(21-11-12-22(32-21)24(29)30-6-2)31-19-13-15(3)23(16(4)14-19)17-7-9-18(10-8-17)25(26,27)28/h7-14,20H,5-6H2,1-4H3/t20-/m1/s1. The van der Waals surface area contributed by atoms with Gasteiger partial charge in [0.2, 0.25) is 0 Å². The molecule has 0 spiro atoms. The summed E-state index contributed by atoms with van der Waals surface area (Å²) in [7, 11) is 0. The van der Waals surface area contributed by atoms with Crippen molar-refractivity contribution in [2.24, 2.45) is 0 Å². The SMILES string of the molecule is CCOC(=O)c1ccc([C@@H](CC)Sc2cc(C)c(-c3ccc(C(F)(F)F)cc3)c(C)c2)s1. The number of carbonyl (C=O) groups excluding carboxylic acids is 1. The van der Waals surface area contributed by atoms with Crippen LogP contribution < -0.4 is 0 Å². The van der Waals surface area contributed by atoms with Crippen LogP contribution in [-0.2, 0) is 10.9 Å². The average molecular weight is 479 g/mol. The summed E-state index contributed by atoms with van der Waals surface area (Å²) in [5, 5.41) is 0.193. The van der Waals surface area contributed by atoms with E-state index < -0.39 is 11.7 Å². The second-order valence-electron chi connectivity index (χ2n) is 7.44. The first-order valence-corrected chi connectivity index (χ1v) is 12.1. The summed E-state index contributed by atoms with van der Waals surface area (Å²) in [5.41, 5.74) is 3.11. The second kappa shape index (κ2) is 10.1. The van der Waals surface area contributed by atoms with E-state index in [2.05, 4.69) is 19.1 Å². The molecule has 32 heavy (non-hydrogen) atoms. The van der Waals surface area contributed by atoms with Gasteiger partial charge in [-0.3, -0.25) is 0 Å². The van der Waals surface area contributed by atoms with Crippen molar-refractivity contribution < 1.29 is 22.7 Å². The zero-order valence-corrected chi connectivity index (χ0v) is 20.0. The zero-order chi connectivity index (χ0) is 23.5. The number of halogens is 3. The van der Waals surface area contributed by atoms with Crippen molar-refractivity contribution in [1.82, 2.24) is 0 Å². The Morgan fingerprint density at radius 3 is 2.19 bits per heavy atom. The van der Waals surface area contributed by atoms with Gasteiger partial charge in [-0.2, -0.15) is 13.2 Å². The van der Waals surface area contributed by atoms with Gasteiger partial charge in [-0.05, 0) is 85.8 Å². The van der Waals surface area contributed by atoms with Gasteiger partial charge in [0.15, 0.2) is 0 Å². The minimum Gasteiger partial charge on any atom is -0.462 e. The molecule has 0 amide bonds. The number of thiophene rings is 1. The maximum absolute atomic E-state index is 12.9. The number of ether oxygens (including phenoxy) is 1. The quantitative estimate of drug-likeness (QED) is 0.252. The van der Waals surface area contributed by atoms with Crippen molar-refractivity contribution in [3.8, 4) is 11.1 Å². The molecule has 0 saturated carbocycles. The molecule has 1 atom stereocenters. The highest BCUT2D eigenvalue weighted by atomic mass is 32.2. The maximum atomic E-state index is 12.9. The first-order chi connectivity index (χ1) is 15.1.